The molecule has 3 aliphatic heterocycles. The first-order chi connectivity index (χ1) is 35.4. The summed E-state index contributed by atoms with van der Waals surface area (Å²) in [5, 5.41) is 4.55. The van der Waals surface area contributed by atoms with Crippen molar-refractivity contribution in [3.8, 4) is 0 Å². The van der Waals surface area contributed by atoms with Crippen LogP contribution in [0.2, 0.25) is 0 Å². The average Bonchev–Trinajstić information content (AvgIpc) is 4.22. The summed E-state index contributed by atoms with van der Waals surface area (Å²) in [6.45, 7) is 16.8. The molecule has 0 bridgehead atoms. The van der Waals surface area contributed by atoms with Crippen LogP contribution in [-0.4, -0.2) is 118 Å². The topological polar surface area (TPSA) is 168 Å². The maximum absolute atomic E-state index is 13.9. The lowest BCUT2D eigenvalue weighted by Gasteiger charge is -2.35. The lowest BCUT2D eigenvalue weighted by Crippen LogP contribution is -2.48. The molecule has 0 radical (unpaired) electrons. The number of methoxy groups -OCH3 is 1. The van der Waals surface area contributed by atoms with Crippen molar-refractivity contribution in [2.24, 2.45) is 0 Å². The fourth-order valence-electron chi connectivity index (χ4n) is 10.2. The molecule has 9 rings (SSSR count). The molecule has 6 aromatic rings. The lowest BCUT2D eigenvalue weighted by molar-refractivity contribution is 0.00561. The summed E-state index contributed by atoms with van der Waals surface area (Å²) in [7, 11) is 1.61. The Bertz CT molecular complexity index is 2850. The molecule has 3 saturated heterocycles. The molecule has 0 unspecified atom stereocenters. The molecule has 17 heteroatoms. The summed E-state index contributed by atoms with van der Waals surface area (Å²) in [5.41, 5.74) is 3.58. The van der Waals surface area contributed by atoms with Gasteiger partial charge in [-0.2, -0.15) is 0 Å². The van der Waals surface area contributed by atoms with Crippen molar-refractivity contribution in [3.05, 3.63) is 143 Å². The fraction of sp³-hybridized carbons (Fsp3) is 0.439. The predicted molar refractivity (Wildman–Crippen MR) is 279 cm³/mol. The minimum atomic E-state index is -0.667. The van der Waals surface area contributed by atoms with Gasteiger partial charge in [-0.25, -0.2) is 28.0 Å². The molecule has 0 spiro atoms. The Kier molecular flexibility index (Phi) is 17.6. The van der Waals surface area contributed by atoms with Gasteiger partial charge in [-0.05, 0) is 113 Å². The number of carbonyl (C=O) groups is 4. The minimum Gasteiger partial charge on any atom is -0.445 e. The molecule has 396 valence electrons. The predicted octanol–water partition coefficient (Wildman–Crippen LogP) is 11.8. The second-order valence-electron chi connectivity index (χ2n) is 20.5. The second-order valence-corrected chi connectivity index (χ2v) is 20.5. The molecule has 3 aliphatic rings. The van der Waals surface area contributed by atoms with Gasteiger partial charge in [0.1, 0.15) is 36.1 Å². The van der Waals surface area contributed by atoms with E-state index in [0.717, 1.165) is 33.0 Å². The number of H-pyrrole nitrogens is 2. The van der Waals surface area contributed by atoms with Gasteiger partial charge < -0.3 is 53.7 Å². The van der Waals surface area contributed by atoms with Gasteiger partial charge in [-0.1, -0.05) is 74.5 Å². The number of hydrogen-bond donors (Lipinski definition) is 3. The largest absolute Gasteiger partial charge is 0.445 e. The first-order valence-corrected chi connectivity index (χ1v) is 25.3. The van der Waals surface area contributed by atoms with Gasteiger partial charge in [0.2, 0.25) is 0 Å². The van der Waals surface area contributed by atoms with Crippen LogP contribution in [0.5, 0.6) is 0 Å². The Hall–Kier alpha value is -7.14. The molecular formula is C57H70F2N6O9. The van der Waals surface area contributed by atoms with Crippen molar-refractivity contribution < 1.29 is 51.6 Å². The highest BCUT2D eigenvalue weighted by atomic mass is 19.1. The van der Waals surface area contributed by atoms with E-state index in [1.807, 2.05) is 122 Å². The number of fused-ring (bicyclic) bond motifs is 3. The molecular weight excluding hydrogens is 951 g/mol. The zero-order valence-electron chi connectivity index (χ0n) is 43.8. The van der Waals surface area contributed by atoms with Crippen LogP contribution in [0.15, 0.2) is 109 Å². The van der Waals surface area contributed by atoms with Crippen LogP contribution in [0.4, 0.5) is 28.0 Å². The summed E-state index contributed by atoms with van der Waals surface area (Å²) >= 11 is 0. The highest BCUT2D eigenvalue weighted by Gasteiger charge is 2.54. The second kappa shape index (κ2) is 23.8. The molecule has 3 fully saturated rings. The molecule has 0 saturated carbocycles. The molecule has 5 heterocycles. The standard InChI is InChI=1S/C28H34FN3O5.C27H30FN3O4.C2H6/c1-28(2,3)37-27(34)32-13-12-24(35-4)25(32)22(21-15-30-23-14-19(29)10-11-20(21)23)16-31-26(33)36-17-18-8-6-5-7-9-18;1-27(2,3)35-26(33)30-12-11-23-24(30)21(20-14-29-22-13-18(28)9-10-19(20)22)15-31(23)25(32)34-16-17-7-5-4-6-8-17;1-2/h5-11,14-15,22,24-25,30H,12-13,16-17H2,1-4H3,(H,31,33);4-10,13-14,21,23-24,29H,11-12,15-16H2,1-3H3;1-2H3/t22-,24+,25-;21-,23-,24-;/m11./s1. The van der Waals surface area contributed by atoms with Gasteiger partial charge >= 0.3 is 24.4 Å². The number of benzene rings is 4. The number of ether oxygens (including phenoxy) is 5. The number of halogens is 2. The first kappa shape index (κ1) is 54.6. The molecule has 0 aliphatic carbocycles. The maximum atomic E-state index is 13.9. The third kappa shape index (κ3) is 13.1. The van der Waals surface area contributed by atoms with Gasteiger partial charge in [-0.3, -0.25) is 0 Å². The van der Waals surface area contributed by atoms with Crippen LogP contribution in [-0.2, 0) is 36.9 Å². The van der Waals surface area contributed by atoms with Crippen LogP contribution in [0.25, 0.3) is 21.8 Å². The highest BCUT2D eigenvalue weighted by Crippen LogP contribution is 2.44. The SMILES string of the molecule is CC.CC(C)(C)OC(=O)N1CC[C@@H]2[C@H]1[C@@H](c1c[nH]c3cc(F)ccc13)CN2C(=O)OCc1ccccc1.CO[C@H]1CCN(C(=O)OC(C)(C)C)[C@@H]1[C@H](CNC(=O)OCc1ccccc1)c1c[nH]c2cc(F)ccc12. The number of aromatic nitrogens is 2. The maximum Gasteiger partial charge on any atom is 0.410 e. The van der Waals surface area contributed by atoms with Gasteiger partial charge in [0.15, 0.2) is 0 Å². The normalized spacial score (nSPS) is 19.7. The van der Waals surface area contributed by atoms with Gasteiger partial charge in [0, 0.05) is 79.3 Å². The highest BCUT2D eigenvalue weighted by molar-refractivity contribution is 5.85. The Morgan fingerprint density at radius 2 is 1.22 bits per heavy atom. The summed E-state index contributed by atoms with van der Waals surface area (Å²) in [5.74, 6) is -1.23. The third-order valence-electron chi connectivity index (χ3n) is 13.3. The van der Waals surface area contributed by atoms with Crippen LogP contribution in [0.3, 0.4) is 0 Å². The summed E-state index contributed by atoms with van der Waals surface area (Å²) < 4.78 is 55.9. The summed E-state index contributed by atoms with van der Waals surface area (Å²) in [6.07, 6.45) is 2.81. The number of rotatable bonds is 10. The molecule has 3 N–H and O–H groups in total. The molecule has 74 heavy (non-hydrogen) atoms. The number of amides is 4. The van der Waals surface area contributed by atoms with Crippen molar-refractivity contribution in [1.29, 1.82) is 0 Å². The van der Waals surface area contributed by atoms with Crippen molar-refractivity contribution >= 4 is 46.2 Å². The Morgan fingerprint density at radius 1 is 0.676 bits per heavy atom. The number of aromatic amines is 2. The van der Waals surface area contributed by atoms with E-state index in [0.29, 0.717) is 43.5 Å². The van der Waals surface area contributed by atoms with Crippen molar-refractivity contribution in [1.82, 2.24) is 30.0 Å². The number of nitrogens with one attached hydrogen (secondary N) is 3. The molecule has 6 atom stereocenters. The number of likely N-dealkylation sites (tertiary alicyclic amines) is 3. The monoisotopic (exact) mass is 1020 g/mol. The van der Waals surface area contributed by atoms with Gasteiger partial charge in [0.05, 0.1) is 24.2 Å². The quantitative estimate of drug-likeness (QED) is 0.113. The zero-order valence-corrected chi connectivity index (χ0v) is 43.8. The van der Waals surface area contributed by atoms with E-state index in [1.54, 1.807) is 40.1 Å². The Labute approximate surface area is 431 Å². The Balaban J connectivity index is 0.000000209. The third-order valence-corrected chi connectivity index (χ3v) is 13.3. The Morgan fingerprint density at radius 3 is 1.81 bits per heavy atom. The molecule has 2 aromatic heterocycles. The first-order valence-electron chi connectivity index (χ1n) is 25.3. The summed E-state index contributed by atoms with van der Waals surface area (Å²) in [4.78, 5) is 63.6. The number of hydrogen-bond acceptors (Lipinski definition) is 9. The van der Waals surface area contributed by atoms with Crippen LogP contribution in [0.1, 0.15) is 102 Å². The van der Waals surface area contributed by atoms with Gasteiger partial charge in [-0.15, -0.1) is 0 Å². The minimum absolute atomic E-state index is 0.137. The lowest BCUT2D eigenvalue weighted by atomic mass is 9.88. The van der Waals surface area contributed by atoms with Gasteiger partial charge in [0.25, 0.3) is 0 Å². The van der Waals surface area contributed by atoms with Crippen LogP contribution in [0, 0.1) is 11.6 Å². The van der Waals surface area contributed by atoms with E-state index in [2.05, 4.69) is 15.3 Å². The van der Waals surface area contributed by atoms with Crippen LogP contribution >= 0.6 is 0 Å². The zero-order chi connectivity index (χ0) is 53.3. The van der Waals surface area contributed by atoms with Crippen molar-refractivity contribution in [2.75, 3.05) is 33.3 Å². The summed E-state index contributed by atoms with van der Waals surface area (Å²) in [6, 6.07) is 27.2. The van der Waals surface area contributed by atoms with E-state index < -0.39 is 35.5 Å². The van der Waals surface area contributed by atoms with E-state index >= 15 is 0 Å². The van der Waals surface area contributed by atoms with E-state index in [9.17, 15) is 28.0 Å². The molecule has 15 nitrogen and oxygen atoms in total. The number of carbonyl (C=O) groups excluding carboxylic acids is 4. The number of alkyl carbamates (subject to hydrolysis) is 1. The molecule has 4 amide bonds. The average molecular weight is 1020 g/mol. The van der Waals surface area contributed by atoms with Crippen molar-refractivity contribution in [2.45, 2.75) is 129 Å². The van der Waals surface area contributed by atoms with E-state index in [4.69, 9.17) is 23.7 Å². The number of nitrogens with zero attached hydrogens (tertiary/aromatic N) is 3. The molecule has 4 aromatic carbocycles. The van der Waals surface area contributed by atoms with E-state index in [1.165, 1.54) is 24.3 Å². The smallest absolute Gasteiger partial charge is 0.410 e. The van der Waals surface area contributed by atoms with Crippen LogP contribution < -0.4 is 5.32 Å². The fourth-order valence-corrected chi connectivity index (χ4v) is 10.2. The van der Waals surface area contributed by atoms with E-state index in [-0.39, 0.29) is 67.5 Å². The van der Waals surface area contributed by atoms with Crippen molar-refractivity contribution in [3.63, 3.8) is 0 Å².